The van der Waals surface area contributed by atoms with E-state index in [1.807, 2.05) is 4.90 Å². The third-order valence-electron chi connectivity index (χ3n) is 2.68. The maximum atomic E-state index is 11.6. The molecule has 1 atom stereocenters. The molecule has 0 radical (unpaired) electrons. The second-order valence-electron chi connectivity index (χ2n) is 3.71. The number of hydrogen-bond acceptors (Lipinski definition) is 2. The Kier molecular flexibility index (Phi) is 4.22. The molecule has 1 heterocycles. The van der Waals surface area contributed by atoms with Gasteiger partial charge in [0.15, 0.2) is 0 Å². The molecule has 76 valence electrons. The summed E-state index contributed by atoms with van der Waals surface area (Å²) in [4.78, 5) is 13.6. The van der Waals surface area contributed by atoms with Gasteiger partial charge < -0.3 is 10.6 Å². The molecule has 1 aliphatic rings. The first-order valence-electron chi connectivity index (χ1n) is 5.29. The number of carbonyl (C=O) groups is 1. The van der Waals surface area contributed by atoms with E-state index in [1.54, 1.807) is 0 Å². The molecule has 3 nitrogen and oxygen atoms in total. The van der Waals surface area contributed by atoms with Crippen molar-refractivity contribution in [2.45, 2.75) is 45.1 Å². The monoisotopic (exact) mass is 184 g/mol. The molecule has 1 fully saturated rings. The fourth-order valence-electron chi connectivity index (χ4n) is 2.06. The van der Waals surface area contributed by atoms with Crippen molar-refractivity contribution < 1.29 is 4.79 Å². The Morgan fingerprint density at radius 3 is 3.00 bits per heavy atom. The average molecular weight is 184 g/mol. The fraction of sp³-hybridized carbons (Fsp3) is 0.900. The molecule has 2 N–H and O–H groups in total. The van der Waals surface area contributed by atoms with Gasteiger partial charge in [-0.05, 0) is 19.3 Å². The maximum absolute atomic E-state index is 11.6. The molecule has 1 rings (SSSR count). The van der Waals surface area contributed by atoms with Crippen LogP contribution in [0.3, 0.4) is 0 Å². The predicted molar refractivity (Wildman–Crippen MR) is 53.3 cm³/mol. The number of likely N-dealkylation sites (tertiary alicyclic amines) is 1. The highest BCUT2D eigenvalue weighted by molar-refractivity contribution is 5.77. The molecule has 0 saturated carbocycles. The highest BCUT2D eigenvalue weighted by atomic mass is 16.2. The van der Waals surface area contributed by atoms with E-state index in [1.165, 1.54) is 12.8 Å². The Labute approximate surface area is 80.3 Å². The molecule has 0 bridgehead atoms. The first kappa shape index (κ1) is 10.5. The van der Waals surface area contributed by atoms with Crippen molar-refractivity contribution in [1.29, 1.82) is 0 Å². The molecular weight excluding hydrogens is 164 g/mol. The van der Waals surface area contributed by atoms with Crippen molar-refractivity contribution in [3.8, 4) is 0 Å². The SMILES string of the molecule is CCCC1CCCN1C(=O)CCN. The summed E-state index contributed by atoms with van der Waals surface area (Å²) in [6.07, 6.45) is 5.18. The van der Waals surface area contributed by atoms with Crippen molar-refractivity contribution in [2.75, 3.05) is 13.1 Å². The zero-order valence-electron chi connectivity index (χ0n) is 8.46. The van der Waals surface area contributed by atoms with Gasteiger partial charge in [0.25, 0.3) is 0 Å². The first-order chi connectivity index (χ1) is 6.29. The molecule has 0 aromatic carbocycles. The fourth-order valence-corrected chi connectivity index (χ4v) is 2.06. The Morgan fingerprint density at radius 1 is 1.62 bits per heavy atom. The van der Waals surface area contributed by atoms with E-state index >= 15 is 0 Å². The molecule has 1 unspecified atom stereocenters. The standard InChI is InChI=1S/C10H20N2O/c1-2-4-9-5-3-8-12(9)10(13)6-7-11/h9H,2-8,11H2,1H3. The number of hydrogen-bond donors (Lipinski definition) is 1. The van der Waals surface area contributed by atoms with Crippen molar-refractivity contribution in [1.82, 2.24) is 4.90 Å². The number of rotatable bonds is 4. The van der Waals surface area contributed by atoms with Crippen LogP contribution >= 0.6 is 0 Å². The van der Waals surface area contributed by atoms with Crippen molar-refractivity contribution in [3.63, 3.8) is 0 Å². The summed E-state index contributed by atoms with van der Waals surface area (Å²) >= 11 is 0. The van der Waals surface area contributed by atoms with Gasteiger partial charge in [0.1, 0.15) is 0 Å². The predicted octanol–water partition coefficient (Wildman–Crippen LogP) is 1.13. The molecule has 1 saturated heterocycles. The summed E-state index contributed by atoms with van der Waals surface area (Å²) < 4.78 is 0. The minimum Gasteiger partial charge on any atom is -0.340 e. The summed E-state index contributed by atoms with van der Waals surface area (Å²) in [5, 5.41) is 0. The summed E-state index contributed by atoms with van der Waals surface area (Å²) in [5.41, 5.74) is 5.37. The van der Waals surface area contributed by atoms with Gasteiger partial charge in [-0.1, -0.05) is 13.3 Å². The third-order valence-corrected chi connectivity index (χ3v) is 2.68. The van der Waals surface area contributed by atoms with Gasteiger partial charge >= 0.3 is 0 Å². The molecule has 1 aliphatic heterocycles. The van der Waals surface area contributed by atoms with Crippen molar-refractivity contribution in [3.05, 3.63) is 0 Å². The summed E-state index contributed by atoms with van der Waals surface area (Å²) in [7, 11) is 0. The van der Waals surface area contributed by atoms with Crippen LogP contribution in [0.2, 0.25) is 0 Å². The normalized spacial score (nSPS) is 22.3. The number of nitrogens with zero attached hydrogens (tertiary/aromatic N) is 1. The smallest absolute Gasteiger partial charge is 0.224 e. The van der Waals surface area contributed by atoms with Gasteiger partial charge in [-0.2, -0.15) is 0 Å². The summed E-state index contributed by atoms with van der Waals surface area (Å²) in [6.45, 7) is 3.60. The zero-order valence-corrected chi connectivity index (χ0v) is 8.46. The van der Waals surface area contributed by atoms with Crippen LogP contribution in [0.25, 0.3) is 0 Å². The zero-order chi connectivity index (χ0) is 9.68. The van der Waals surface area contributed by atoms with Crippen LogP contribution in [0.15, 0.2) is 0 Å². The van der Waals surface area contributed by atoms with E-state index in [4.69, 9.17) is 5.73 Å². The number of amides is 1. The van der Waals surface area contributed by atoms with Crippen LogP contribution in [-0.2, 0) is 4.79 Å². The molecule has 0 spiro atoms. The van der Waals surface area contributed by atoms with Crippen LogP contribution in [0.1, 0.15) is 39.0 Å². The van der Waals surface area contributed by atoms with E-state index in [-0.39, 0.29) is 5.91 Å². The molecule has 3 heteroatoms. The minimum absolute atomic E-state index is 0.249. The van der Waals surface area contributed by atoms with Gasteiger partial charge in [0.2, 0.25) is 5.91 Å². The highest BCUT2D eigenvalue weighted by Gasteiger charge is 2.26. The quantitative estimate of drug-likeness (QED) is 0.712. The average Bonchev–Trinajstić information content (AvgIpc) is 2.54. The lowest BCUT2D eigenvalue weighted by Crippen LogP contribution is -2.36. The van der Waals surface area contributed by atoms with E-state index in [2.05, 4.69) is 6.92 Å². The van der Waals surface area contributed by atoms with Crippen LogP contribution in [0.4, 0.5) is 0 Å². The van der Waals surface area contributed by atoms with Crippen LogP contribution in [0, 0.1) is 0 Å². The Morgan fingerprint density at radius 2 is 2.38 bits per heavy atom. The maximum Gasteiger partial charge on any atom is 0.224 e. The minimum atomic E-state index is 0.249. The van der Waals surface area contributed by atoms with Crippen molar-refractivity contribution >= 4 is 5.91 Å². The second kappa shape index (κ2) is 5.22. The Bertz CT molecular complexity index is 170. The Balaban J connectivity index is 2.42. The lowest BCUT2D eigenvalue weighted by molar-refractivity contribution is -0.131. The van der Waals surface area contributed by atoms with Crippen LogP contribution in [0.5, 0.6) is 0 Å². The molecule has 0 aromatic heterocycles. The van der Waals surface area contributed by atoms with Crippen LogP contribution in [-0.4, -0.2) is 29.9 Å². The van der Waals surface area contributed by atoms with Gasteiger partial charge in [0, 0.05) is 25.6 Å². The lowest BCUT2D eigenvalue weighted by Gasteiger charge is -2.24. The van der Waals surface area contributed by atoms with Crippen molar-refractivity contribution in [2.24, 2.45) is 5.73 Å². The van der Waals surface area contributed by atoms with E-state index in [0.717, 1.165) is 19.4 Å². The molecule has 13 heavy (non-hydrogen) atoms. The lowest BCUT2D eigenvalue weighted by atomic mass is 10.1. The van der Waals surface area contributed by atoms with E-state index in [9.17, 15) is 4.79 Å². The summed E-state index contributed by atoms with van der Waals surface area (Å²) in [5.74, 6) is 0.249. The summed E-state index contributed by atoms with van der Waals surface area (Å²) in [6, 6.07) is 0.504. The van der Waals surface area contributed by atoms with Gasteiger partial charge in [-0.3, -0.25) is 4.79 Å². The molecular formula is C10H20N2O. The van der Waals surface area contributed by atoms with Gasteiger partial charge in [0.05, 0.1) is 0 Å². The molecule has 1 amide bonds. The number of carbonyl (C=O) groups excluding carboxylic acids is 1. The number of nitrogens with two attached hydrogens (primary N) is 1. The van der Waals surface area contributed by atoms with Gasteiger partial charge in [-0.15, -0.1) is 0 Å². The first-order valence-corrected chi connectivity index (χ1v) is 5.29. The van der Waals surface area contributed by atoms with Crippen LogP contribution < -0.4 is 5.73 Å². The van der Waals surface area contributed by atoms with Gasteiger partial charge in [-0.25, -0.2) is 0 Å². The highest BCUT2D eigenvalue weighted by Crippen LogP contribution is 2.21. The Hall–Kier alpha value is -0.570. The van der Waals surface area contributed by atoms with E-state index < -0.39 is 0 Å². The van der Waals surface area contributed by atoms with E-state index in [0.29, 0.717) is 19.0 Å². The third kappa shape index (κ3) is 2.69. The topological polar surface area (TPSA) is 46.3 Å². The molecule has 0 aliphatic carbocycles. The molecule has 0 aromatic rings. The second-order valence-corrected chi connectivity index (χ2v) is 3.71. The largest absolute Gasteiger partial charge is 0.340 e.